The van der Waals surface area contributed by atoms with Crippen molar-refractivity contribution in [3.63, 3.8) is 0 Å². The van der Waals surface area contributed by atoms with Gasteiger partial charge in [0.2, 0.25) is 0 Å². The first kappa shape index (κ1) is 14.9. The minimum Gasteiger partial charge on any atom is -0.469 e. The zero-order valence-corrected chi connectivity index (χ0v) is 10.6. The number of nitrogens with two attached hydrogens (primary N) is 1. The molecule has 0 aromatic heterocycles. The van der Waals surface area contributed by atoms with Gasteiger partial charge in [-0.1, -0.05) is 18.2 Å². The van der Waals surface area contributed by atoms with E-state index >= 15 is 0 Å². The fraction of sp³-hybridized carbons (Fsp3) is 0.417. The summed E-state index contributed by atoms with van der Waals surface area (Å²) < 4.78 is 4.59. The van der Waals surface area contributed by atoms with Crippen molar-refractivity contribution in [3.8, 4) is 0 Å². The molecule has 0 heterocycles. The van der Waals surface area contributed by atoms with Gasteiger partial charge in [0.25, 0.3) is 0 Å². The lowest BCUT2D eigenvalue weighted by Crippen LogP contribution is -2.17. The molecule has 0 radical (unpaired) electrons. The van der Waals surface area contributed by atoms with E-state index in [-0.39, 0.29) is 30.8 Å². The SMILES string of the molecule is COC(=O)CC(N)c1cccc(C)c1C.Cl. The van der Waals surface area contributed by atoms with Crippen LogP contribution in [0.15, 0.2) is 18.2 Å². The summed E-state index contributed by atoms with van der Waals surface area (Å²) in [6.45, 7) is 4.05. The number of esters is 1. The molecule has 1 aromatic carbocycles. The Bertz CT molecular complexity index is 366. The van der Waals surface area contributed by atoms with Gasteiger partial charge in [0, 0.05) is 6.04 Å². The Morgan fingerprint density at radius 3 is 2.62 bits per heavy atom. The molecule has 1 atom stereocenters. The number of rotatable bonds is 3. The van der Waals surface area contributed by atoms with Crippen molar-refractivity contribution in [2.75, 3.05) is 7.11 Å². The van der Waals surface area contributed by atoms with Crippen molar-refractivity contribution in [2.24, 2.45) is 5.73 Å². The van der Waals surface area contributed by atoms with Crippen LogP contribution in [0.2, 0.25) is 0 Å². The van der Waals surface area contributed by atoms with Crippen LogP contribution < -0.4 is 5.73 Å². The van der Waals surface area contributed by atoms with Crippen LogP contribution in [0.4, 0.5) is 0 Å². The topological polar surface area (TPSA) is 52.3 Å². The van der Waals surface area contributed by atoms with E-state index < -0.39 is 0 Å². The Hall–Kier alpha value is -1.06. The van der Waals surface area contributed by atoms with E-state index in [1.165, 1.54) is 12.7 Å². The van der Waals surface area contributed by atoms with E-state index in [2.05, 4.69) is 4.74 Å². The average Bonchev–Trinajstić information content (AvgIpc) is 2.21. The van der Waals surface area contributed by atoms with Gasteiger partial charge in [0.1, 0.15) is 0 Å². The molecule has 0 fully saturated rings. The molecule has 1 unspecified atom stereocenters. The van der Waals surface area contributed by atoms with Crippen LogP contribution in [0.3, 0.4) is 0 Å². The van der Waals surface area contributed by atoms with Gasteiger partial charge < -0.3 is 10.5 Å². The molecule has 0 saturated carbocycles. The number of benzene rings is 1. The third-order valence-electron chi connectivity index (χ3n) is 2.66. The summed E-state index contributed by atoms with van der Waals surface area (Å²) in [6, 6.07) is 5.66. The van der Waals surface area contributed by atoms with E-state index in [0.29, 0.717) is 0 Å². The fourth-order valence-electron chi connectivity index (χ4n) is 1.55. The lowest BCUT2D eigenvalue weighted by Gasteiger charge is -2.14. The fourth-order valence-corrected chi connectivity index (χ4v) is 1.55. The van der Waals surface area contributed by atoms with Gasteiger partial charge in [-0.25, -0.2) is 0 Å². The van der Waals surface area contributed by atoms with Gasteiger partial charge in [-0.05, 0) is 30.5 Å². The molecular weight excluding hydrogens is 226 g/mol. The first-order valence-corrected chi connectivity index (χ1v) is 4.94. The molecule has 1 aromatic rings. The Kier molecular flexibility index (Phi) is 6.08. The second kappa shape index (κ2) is 6.51. The van der Waals surface area contributed by atoms with Crippen molar-refractivity contribution in [1.82, 2.24) is 0 Å². The van der Waals surface area contributed by atoms with E-state index in [0.717, 1.165) is 11.1 Å². The lowest BCUT2D eigenvalue weighted by molar-refractivity contribution is -0.141. The molecule has 90 valence electrons. The summed E-state index contributed by atoms with van der Waals surface area (Å²) in [5, 5.41) is 0. The van der Waals surface area contributed by atoms with Crippen molar-refractivity contribution < 1.29 is 9.53 Å². The minimum atomic E-state index is -0.280. The van der Waals surface area contributed by atoms with Gasteiger partial charge in [0.05, 0.1) is 13.5 Å². The summed E-state index contributed by atoms with van der Waals surface area (Å²) in [6.07, 6.45) is 0.223. The molecule has 4 heteroatoms. The molecule has 3 nitrogen and oxygen atoms in total. The zero-order chi connectivity index (χ0) is 11.4. The van der Waals surface area contributed by atoms with E-state index in [1.807, 2.05) is 32.0 Å². The largest absolute Gasteiger partial charge is 0.469 e. The monoisotopic (exact) mass is 243 g/mol. The quantitative estimate of drug-likeness (QED) is 0.829. The minimum absolute atomic E-state index is 0. The second-order valence-electron chi connectivity index (χ2n) is 3.68. The molecule has 0 saturated heterocycles. The molecule has 0 aliphatic rings. The van der Waals surface area contributed by atoms with Crippen LogP contribution in [0.5, 0.6) is 0 Å². The number of carbonyl (C=O) groups is 1. The van der Waals surface area contributed by atoms with Gasteiger partial charge >= 0.3 is 5.97 Å². The maximum absolute atomic E-state index is 11.1. The first-order chi connectivity index (χ1) is 7.06. The van der Waals surface area contributed by atoms with Crippen molar-refractivity contribution in [3.05, 3.63) is 34.9 Å². The predicted octanol–water partition coefficient (Wildman–Crippen LogP) is 2.29. The Balaban J connectivity index is 0.00000225. The predicted molar refractivity (Wildman–Crippen MR) is 66.7 cm³/mol. The van der Waals surface area contributed by atoms with E-state index in [4.69, 9.17) is 5.73 Å². The highest BCUT2D eigenvalue weighted by Crippen LogP contribution is 2.21. The van der Waals surface area contributed by atoms with E-state index in [9.17, 15) is 4.79 Å². The molecule has 0 aliphatic carbocycles. The summed E-state index contributed by atoms with van der Waals surface area (Å²) in [7, 11) is 1.37. The van der Waals surface area contributed by atoms with Crippen molar-refractivity contribution in [1.29, 1.82) is 0 Å². The van der Waals surface area contributed by atoms with Crippen molar-refractivity contribution >= 4 is 18.4 Å². The summed E-state index contributed by atoms with van der Waals surface area (Å²) in [5.41, 5.74) is 9.29. The van der Waals surface area contributed by atoms with Crippen LogP contribution in [-0.2, 0) is 9.53 Å². The Morgan fingerprint density at radius 1 is 1.44 bits per heavy atom. The van der Waals surface area contributed by atoms with Crippen LogP contribution in [0.25, 0.3) is 0 Å². The number of halogens is 1. The molecule has 0 aliphatic heterocycles. The second-order valence-corrected chi connectivity index (χ2v) is 3.68. The lowest BCUT2D eigenvalue weighted by atomic mass is 9.96. The molecule has 2 N–H and O–H groups in total. The van der Waals surface area contributed by atoms with Gasteiger partial charge in [-0.15, -0.1) is 12.4 Å². The van der Waals surface area contributed by atoms with Crippen molar-refractivity contribution in [2.45, 2.75) is 26.3 Å². The summed E-state index contributed by atoms with van der Waals surface area (Å²) in [4.78, 5) is 11.1. The van der Waals surface area contributed by atoms with Gasteiger partial charge in [-0.3, -0.25) is 4.79 Å². The number of methoxy groups -OCH3 is 1. The molecule has 16 heavy (non-hydrogen) atoms. The maximum atomic E-state index is 11.1. The number of aryl methyl sites for hydroxylation is 1. The first-order valence-electron chi connectivity index (χ1n) is 4.94. The zero-order valence-electron chi connectivity index (χ0n) is 9.82. The van der Waals surface area contributed by atoms with Gasteiger partial charge in [-0.2, -0.15) is 0 Å². The highest BCUT2D eigenvalue weighted by atomic mass is 35.5. The third kappa shape index (κ3) is 3.51. The molecular formula is C12H18ClNO2. The molecule has 0 amide bonds. The van der Waals surface area contributed by atoms with Crippen LogP contribution in [0, 0.1) is 13.8 Å². The summed E-state index contributed by atoms with van der Waals surface area (Å²) >= 11 is 0. The highest BCUT2D eigenvalue weighted by Gasteiger charge is 2.14. The third-order valence-corrected chi connectivity index (χ3v) is 2.66. The number of hydrogen-bond acceptors (Lipinski definition) is 3. The normalized spacial score (nSPS) is 11.5. The smallest absolute Gasteiger partial charge is 0.307 e. The maximum Gasteiger partial charge on any atom is 0.307 e. The standard InChI is InChI=1S/C12H17NO2.ClH/c1-8-5-4-6-10(9(8)2)11(13)7-12(14)15-3;/h4-6,11H,7,13H2,1-3H3;1H. The number of ether oxygens (including phenoxy) is 1. The number of hydrogen-bond donors (Lipinski definition) is 1. The molecule has 0 spiro atoms. The molecule has 0 bridgehead atoms. The van der Waals surface area contributed by atoms with Crippen LogP contribution in [0.1, 0.15) is 29.2 Å². The molecule has 1 rings (SSSR count). The van der Waals surface area contributed by atoms with Crippen LogP contribution in [-0.4, -0.2) is 13.1 Å². The highest BCUT2D eigenvalue weighted by molar-refractivity contribution is 5.85. The Morgan fingerprint density at radius 2 is 2.06 bits per heavy atom. The Labute approximate surface area is 102 Å². The average molecular weight is 244 g/mol. The van der Waals surface area contributed by atoms with E-state index in [1.54, 1.807) is 0 Å². The van der Waals surface area contributed by atoms with Crippen LogP contribution >= 0.6 is 12.4 Å². The summed E-state index contributed by atoms with van der Waals surface area (Å²) in [5.74, 6) is -0.275. The van der Waals surface area contributed by atoms with Gasteiger partial charge in [0.15, 0.2) is 0 Å². The number of carbonyl (C=O) groups excluding carboxylic acids is 1.